The van der Waals surface area contributed by atoms with Crippen molar-refractivity contribution in [3.63, 3.8) is 0 Å². The van der Waals surface area contributed by atoms with Gasteiger partial charge in [-0.1, -0.05) is 148 Å². The first kappa shape index (κ1) is 42.1. The van der Waals surface area contributed by atoms with Crippen molar-refractivity contribution in [1.82, 2.24) is 0 Å². The van der Waals surface area contributed by atoms with Gasteiger partial charge in [-0.15, -0.1) is 0 Å². The molecule has 10 heteroatoms. The maximum absolute atomic E-state index is 11.9. The fourth-order valence-electron chi connectivity index (χ4n) is 4.16. The molecule has 0 spiro atoms. The normalized spacial score (nSPS) is 11.5. The minimum absolute atomic E-state index is 0. The summed E-state index contributed by atoms with van der Waals surface area (Å²) < 4.78 is 63.3. The van der Waals surface area contributed by atoms with E-state index in [0.717, 1.165) is 25.7 Å². The second-order valence-electron chi connectivity index (χ2n) is 10.2. The molecule has 0 aliphatic heterocycles. The smallest absolute Gasteiger partial charge is 0.726 e. The van der Waals surface area contributed by atoms with Crippen LogP contribution in [0.25, 0.3) is 0 Å². The molecule has 0 atom stereocenters. The molecule has 1 rings (SSSR count). The van der Waals surface area contributed by atoms with Crippen molar-refractivity contribution in [2.24, 2.45) is 0 Å². The zero-order valence-electron chi connectivity index (χ0n) is 25.6. The molecule has 40 heavy (non-hydrogen) atoms. The van der Waals surface area contributed by atoms with E-state index >= 15 is 0 Å². The summed E-state index contributed by atoms with van der Waals surface area (Å²) in [6.07, 6.45) is 24.0. The minimum Gasteiger partial charge on any atom is -0.726 e. The van der Waals surface area contributed by atoms with Crippen LogP contribution in [0, 0.1) is 0 Å². The average molecular weight is 615 g/mol. The standard InChI is InChI=1S/C18H30O3S.C12H26O4S.Na/c1-2-3-4-5-6-7-8-9-10-14-17-21-22(19,20)18-15-12-11-13-16-18;1-2-3-4-5-6-7-8-9-10-11-12-16-17(13,14)15;/h11-13,15-16H,2-10,14,17H2,1H3;2-12H2,1H3,(H,13,14,15);/q;;+1/p-1. The van der Waals surface area contributed by atoms with Crippen molar-refractivity contribution in [3.05, 3.63) is 30.3 Å². The van der Waals surface area contributed by atoms with Crippen LogP contribution in [0.1, 0.15) is 142 Å². The first-order valence-electron chi connectivity index (χ1n) is 15.3. The fraction of sp³-hybridized carbons (Fsp3) is 0.800. The van der Waals surface area contributed by atoms with E-state index < -0.39 is 20.5 Å². The van der Waals surface area contributed by atoms with E-state index in [4.69, 9.17) is 4.18 Å². The van der Waals surface area contributed by atoms with Gasteiger partial charge in [-0.05, 0) is 25.0 Å². The first-order chi connectivity index (χ1) is 18.7. The Hall–Kier alpha value is 0. The van der Waals surface area contributed by atoms with Crippen molar-refractivity contribution in [2.45, 2.75) is 147 Å². The summed E-state index contributed by atoms with van der Waals surface area (Å²) >= 11 is 0. The van der Waals surface area contributed by atoms with Crippen molar-refractivity contribution < 1.29 is 59.3 Å². The molecule has 0 saturated heterocycles. The Bertz CT molecular complexity index is 863. The molecule has 1 aromatic rings. The summed E-state index contributed by atoms with van der Waals surface area (Å²) in [5, 5.41) is 0. The summed E-state index contributed by atoms with van der Waals surface area (Å²) in [7, 11) is -8.05. The molecule has 0 radical (unpaired) electrons. The summed E-state index contributed by atoms with van der Waals surface area (Å²) in [6.45, 7) is 4.76. The maximum Gasteiger partial charge on any atom is 1.00 e. The predicted octanol–water partition coefficient (Wildman–Crippen LogP) is 5.70. The van der Waals surface area contributed by atoms with Gasteiger partial charge >= 0.3 is 29.6 Å². The van der Waals surface area contributed by atoms with Gasteiger partial charge in [0.25, 0.3) is 10.1 Å². The Balaban J connectivity index is 0. The SMILES string of the molecule is CCCCCCCCCCCCOS(=O)(=O)[O-].CCCCCCCCCCCCOS(=O)(=O)c1ccccc1.[Na+]. The minimum atomic E-state index is -4.48. The van der Waals surface area contributed by atoms with Crippen LogP contribution < -0.4 is 29.6 Å². The van der Waals surface area contributed by atoms with Crippen molar-refractivity contribution >= 4 is 20.5 Å². The van der Waals surface area contributed by atoms with E-state index in [9.17, 15) is 21.4 Å². The second kappa shape index (κ2) is 29.1. The zero-order chi connectivity index (χ0) is 29.1. The van der Waals surface area contributed by atoms with Crippen LogP contribution in [0.2, 0.25) is 0 Å². The van der Waals surface area contributed by atoms with Crippen LogP contribution >= 0.6 is 0 Å². The Morgan fingerprint density at radius 1 is 0.525 bits per heavy atom. The third-order valence-electron chi connectivity index (χ3n) is 6.49. The van der Waals surface area contributed by atoms with E-state index in [1.165, 1.54) is 96.3 Å². The van der Waals surface area contributed by atoms with Gasteiger partial charge in [0, 0.05) is 0 Å². The van der Waals surface area contributed by atoms with Gasteiger partial charge in [-0.25, -0.2) is 8.42 Å². The maximum atomic E-state index is 11.9. The number of hydrogen-bond acceptors (Lipinski definition) is 7. The van der Waals surface area contributed by atoms with Crippen LogP contribution in [-0.4, -0.2) is 34.6 Å². The quantitative estimate of drug-likeness (QED) is 0.0457. The molecule has 0 unspecified atom stereocenters. The second-order valence-corrected chi connectivity index (χ2v) is 12.9. The van der Waals surface area contributed by atoms with Crippen LogP contribution in [-0.2, 0) is 28.9 Å². The summed E-state index contributed by atoms with van der Waals surface area (Å²) in [5.41, 5.74) is 0. The average Bonchev–Trinajstić information content (AvgIpc) is 2.90. The molecular weight excluding hydrogens is 559 g/mol. The van der Waals surface area contributed by atoms with Crippen LogP contribution in [0.5, 0.6) is 0 Å². The van der Waals surface area contributed by atoms with Gasteiger partial charge in [0.05, 0.1) is 18.1 Å². The summed E-state index contributed by atoms with van der Waals surface area (Å²) in [6, 6.07) is 8.33. The molecule has 0 N–H and O–H groups in total. The predicted molar refractivity (Wildman–Crippen MR) is 159 cm³/mol. The molecule has 7 nitrogen and oxygen atoms in total. The molecule has 0 aliphatic rings. The Kier molecular flexibility index (Phi) is 30.6. The fourth-order valence-corrected chi connectivity index (χ4v) is 5.45. The molecule has 0 aliphatic carbocycles. The van der Waals surface area contributed by atoms with Crippen LogP contribution in [0.4, 0.5) is 0 Å². The number of benzene rings is 1. The molecule has 0 bridgehead atoms. The van der Waals surface area contributed by atoms with E-state index in [2.05, 4.69) is 18.0 Å². The molecule has 0 aromatic heterocycles. The Morgan fingerprint density at radius 2 is 0.850 bits per heavy atom. The molecule has 0 saturated carbocycles. The van der Waals surface area contributed by atoms with Crippen molar-refractivity contribution in [3.8, 4) is 0 Å². The van der Waals surface area contributed by atoms with Gasteiger partial charge in [-0.3, -0.25) is 8.37 Å². The molecular formula is C30H55NaO7S2. The zero-order valence-corrected chi connectivity index (χ0v) is 29.3. The van der Waals surface area contributed by atoms with Gasteiger partial charge in [0.15, 0.2) is 0 Å². The molecule has 1 aromatic carbocycles. The molecule has 0 fully saturated rings. The van der Waals surface area contributed by atoms with Gasteiger partial charge in [-0.2, -0.15) is 8.42 Å². The topological polar surface area (TPSA) is 110 Å². The monoisotopic (exact) mass is 614 g/mol. The Labute approximate surface area is 269 Å². The van der Waals surface area contributed by atoms with Crippen LogP contribution in [0.15, 0.2) is 35.2 Å². The molecule has 0 heterocycles. The van der Waals surface area contributed by atoms with Crippen molar-refractivity contribution in [2.75, 3.05) is 13.2 Å². The number of rotatable bonds is 25. The van der Waals surface area contributed by atoms with Gasteiger partial charge in [0.1, 0.15) is 0 Å². The van der Waals surface area contributed by atoms with Gasteiger partial charge < -0.3 is 4.55 Å². The third-order valence-corrected chi connectivity index (χ3v) is 8.28. The van der Waals surface area contributed by atoms with Crippen LogP contribution in [0.3, 0.4) is 0 Å². The summed E-state index contributed by atoms with van der Waals surface area (Å²) in [5.74, 6) is 0. The first-order valence-corrected chi connectivity index (χ1v) is 18.0. The van der Waals surface area contributed by atoms with E-state index in [1.54, 1.807) is 30.3 Å². The number of hydrogen-bond donors (Lipinski definition) is 0. The largest absolute Gasteiger partial charge is 1.00 e. The number of unbranched alkanes of at least 4 members (excludes halogenated alkanes) is 18. The van der Waals surface area contributed by atoms with E-state index in [-0.39, 0.29) is 47.7 Å². The molecule has 230 valence electrons. The summed E-state index contributed by atoms with van der Waals surface area (Å²) in [4.78, 5) is 0.238. The van der Waals surface area contributed by atoms with Gasteiger partial charge in [0.2, 0.25) is 10.4 Å². The molecule has 0 amide bonds. The van der Waals surface area contributed by atoms with E-state index in [0.29, 0.717) is 6.42 Å². The third kappa shape index (κ3) is 29.5. The van der Waals surface area contributed by atoms with E-state index in [1.807, 2.05) is 0 Å². The Morgan fingerprint density at radius 3 is 1.20 bits per heavy atom. The van der Waals surface area contributed by atoms with Crippen molar-refractivity contribution in [1.29, 1.82) is 0 Å².